The van der Waals surface area contributed by atoms with Crippen LogP contribution in [0, 0.1) is 0 Å². The number of hydrogen-bond acceptors (Lipinski definition) is 5. The molecule has 1 rings (SSSR count). The number of benzene rings is 1. The minimum atomic E-state index is -0.458. The van der Waals surface area contributed by atoms with Crippen LogP contribution in [0.15, 0.2) is 18.2 Å². The summed E-state index contributed by atoms with van der Waals surface area (Å²) in [4.78, 5) is 12.2. The van der Waals surface area contributed by atoms with Gasteiger partial charge in [-0.3, -0.25) is 4.79 Å². The molecular weight excluding hydrogens is 274 g/mol. The molecule has 118 valence electrons. The quantitative estimate of drug-likeness (QED) is 0.704. The second kappa shape index (κ2) is 9.20. The third-order valence-electron chi connectivity index (χ3n) is 2.78. The van der Waals surface area contributed by atoms with Crippen LogP contribution in [0.5, 0.6) is 11.5 Å². The Bertz CT molecular complexity index is 444. The minimum absolute atomic E-state index is 0.265. The highest BCUT2D eigenvalue weighted by Crippen LogP contribution is 2.30. The molecule has 0 bridgehead atoms. The van der Waals surface area contributed by atoms with E-state index in [0.29, 0.717) is 30.3 Å². The van der Waals surface area contributed by atoms with Crippen molar-refractivity contribution in [2.24, 2.45) is 0 Å². The van der Waals surface area contributed by atoms with Gasteiger partial charge in [0, 0.05) is 13.2 Å². The predicted molar refractivity (Wildman–Crippen MR) is 78.9 cm³/mol. The van der Waals surface area contributed by atoms with E-state index >= 15 is 0 Å². The number of rotatable bonds is 9. The Morgan fingerprint density at radius 3 is 2.33 bits per heavy atom. The average Bonchev–Trinajstić information content (AvgIpc) is 2.51. The molecule has 0 atom stereocenters. The van der Waals surface area contributed by atoms with Crippen molar-refractivity contribution in [1.82, 2.24) is 5.32 Å². The summed E-state index contributed by atoms with van der Waals surface area (Å²) in [5.41, 5.74) is 0.406. The first kappa shape index (κ1) is 17.3. The van der Waals surface area contributed by atoms with E-state index in [1.807, 2.05) is 13.8 Å². The van der Waals surface area contributed by atoms with Crippen molar-refractivity contribution in [2.45, 2.75) is 20.1 Å². The zero-order valence-electron chi connectivity index (χ0n) is 13.0. The third kappa shape index (κ3) is 4.91. The van der Waals surface area contributed by atoms with Crippen LogP contribution < -0.4 is 14.8 Å². The molecule has 6 nitrogen and oxygen atoms in total. The van der Waals surface area contributed by atoms with Crippen LogP contribution in [-0.4, -0.2) is 46.2 Å². The Hall–Kier alpha value is -1.79. The Balaban J connectivity index is 2.75. The molecule has 1 aromatic carbocycles. The van der Waals surface area contributed by atoms with Crippen molar-refractivity contribution >= 4 is 5.91 Å². The monoisotopic (exact) mass is 297 g/mol. The van der Waals surface area contributed by atoms with Crippen molar-refractivity contribution in [3.63, 3.8) is 0 Å². The first-order chi connectivity index (χ1) is 10.2. The molecule has 0 unspecified atom stereocenters. The maximum absolute atomic E-state index is 12.2. The van der Waals surface area contributed by atoms with Crippen LogP contribution in [0.1, 0.15) is 24.2 Å². The molecule has 0 saturated heterocycles. The van der Waals surface area contributed by atoms with Crippen molar-refractivity contribution in [1.29, 1.82) is 0 Å². The van der Waals surface area contributed by atoms with Gasteiger partial charge in [0.05, 0.1) is 26.3 Å². The topological polar surface area (TPSA) is 66.0 Å². The van der Waals surface area contributed by atoms with E-state index in [9.17, 15) is 4.79 Å². The van der Waals surface area contributed by atoms with E-state index in [-0.39, 0.29) is 12.5 Å². The molecule has 0 fully saturated rings. The van der Waals surface area contributed by atoms with Gasteiger partial charge in [-0.1, -0.05) is 6.07 Å². The first-order valence-corrected chi connectivity index (χ1v) is 6.90. The second-order valence-electron chi connectivity index (χ2n) is 4.09. The smallest absolute Gasteiger partial charge is 0.255 e. The molecule has 0 spiro atoms. The van der Waals surface area contributed by atoms with Crippen LogP contribution in [0.3, 0.4) is 0 Å². The Labute approximate surface area is 125 Å². The molecule has 0 heterocycles. The molecule has 0 aliphatic carbocycles. The van der Waals surface area contributed by atoms with Crippen LogP contribution >= 0.6 is 0 Å². The van der Waals surface area contributed by atoms with Gasteiger partial charge in [-0.05, 0) is 26.0 Å². The Kier molecular flexibility index (Phi) is 7.56. The molecule has 1 amide bonds. The molecule has 0 aliphatic rings. The van der Waals surface area contributed by atoms with Gasteiger partial charge in [-0.2, -0.15) is 0 Å². The van der Waals surface area contributed by atoms with Gasteiger partial charge >= 0.3 is 0 Å². The van der Waals surface area contributed by atoms with Crippen LogP contribution in [0.25, 0.3) is 0 Å². The van der Waals surface area contributed by atoms with Crippen LogP contribution in [0.2, 0.25) is 0 Å². The summed E-state index contributed by atoms with van der Waals surface area (Å²) in [7, 11) is 3.03. The molecular formula is C15H23NO5. The zero-order chi connectivity index (χ0) is 15.7. The predicted octanol–water partition coefficient (Wildman–Crippen LogP) is 1.83. The lowest BCUT2D eigenvalue weighted by molar-refractivity contribution is -0.131. The second-order valence-corrected chi connectivity index (χ2v) is 4.09. The molecule has 0 radical (unpaired) electrons. The average molecular weight is 297 g/mol. The molecule has 0 aromatic heterocycles. The number of ether oxygens (including phenoxy) is 4. The van der Waals surface area contributed by atoms with Gasteiger partial charge in [-0.15, -0.1) is 0 Å². The summed E-state index contributed by atoms with van der Waals surface area (Å²) >= 11 is 0. The number of para-hydroxylation sites is 1. The molecule has 1 aromatic rings. The summed E-state index contributed by atoms with van der Waals surface area (Å²) in [5.74, 6) is 0.647. The fourth-order valence-electron chi connectivity index (χ4n) is 1.87. The summed E-state index contributed by atoms with van der Waals surface area (Å²) in [6.07, 6.45) is -0.458. The van der Waals surface area contributed by atoms with Gasteiger partial charge in [0.25, 0.3) is 5.91 Å². The normalized spacial score (nSPS) is 10.5. The van der Waals surface area contributed by atoms with Gasteiger partial charge in [-0.25, -0.2) is 0 Å². The number of carbonyl (C=O) groups is 1. The highest BCUT2D eigenvalue weighted by Gasteiger charge is 2.17. The summed E-state index contributed by atoms with van der Waals surface area (Å²) in [6.45, 7) is 5.05. The zero-order valence-corrected chi connectivity index (χ0v) is 13.0. The minimum Gasteiger partial charge on any atom is -0.493 e. The number of methoxy groups -OCH3 is 2. The first-order valence-electron chi connectivity index (χ1n) is 6.90. The lowest BCUT2D eigenvalue weighted by Crippen LogP contribution is -2.35. The summed E-state index contributed by atoms with van der Waals surface area (Å²) in [6, 6.07) is 5.14. The van der Waals surface area contributed by atoms with Crippen molar-refractivity contribution in [3.05, 3.63) is 23.8 Å². The van der Waals surface area contributed by atoms with E-state index in [1.165, 1.54) is 14.2 Å². The summed E-state index contributed by atoms with van der Waals surface area (Å²) < 4.78 is 21.2. The van der Waals surface area contributed by atoms with Crippen molar-refractivity contribution in [2.75, 3.05) is 34.0 Å². The highest BCUT2D eigenvalue weighted by atomic mass is 16.7. The van der Waals surface area contributed by atoms with Crippen molar-refractivity contribution in [3.8, 4) is 11.5 Å². The Morgan fingerprint density at radius 2 is 1.81 bits per heavy atom. The SMILES string of the molecule is CCOC(CNC(=O)c1cccc(OC)c1OC)OCC. The number of amides is 1. The standard InChI is InChI=1S/C15H23NO5/c1-5-20-13(21-6-2)10-16-15(17)11-8-7-9-12(18-3)14(11)19-4/h7-9,13H,5-6,10H2,1-4H3,(H,16,17). The fraction of sp³-hybridized carbons (Fsp3) is 0.533. The van der Waals surface area contributed by atoms with Gasteiger partial charge in [0.2, 0.25) is 0 Å². The van der Waals surface area contributed by atoms with Gasteiger partial charge in [0.1, 0.15) is 0 Å². The van der Waals surface area contributed by atoms with E-state index < -0.39 is 6.29 Å². The van der Waals surface area contributed by atoms with E-state index in [0.717, 1.165) is 0 Å². The lowest BCUT2D eigenvalue weighted by atomic mass is 10.1. The Morgan fingerprint density at radius 1 is 1.14 bits per heavy atom. The summed E-state index contributed by atoms with van der Waals surface area (Å²) in [5, 5.41) is 2.77. The van der Waals surface area contributed by atoms with E-state index in [2.05, 4.69) is 5.32 Å². The molecule has 0 aliphatic heterocycles. The largest absolute Gasteiger partial charge is 0.493 e. The molecule has 21 heavy (non-hydrogen) atoms. The van der Waals surface area contributed by atoms with Gasteiger partial charge in [0.15, 0.2) is 17.8 Å². The van der Waals surface area contributed by atoms with Gasteiger partial charge < -0.3 is 24.3 Å². The molecule has 1 N–H and O–H groups in total. The number of nitrogens with one attached hydrogen (secondary N) is 1. The van der Waals surface area contributed by atoms with Crippen LogP contribution in [0.4, 0.5) is 0 Å². The maximum Gasteiger partial charge on any atom is 0.255 e. The lowest BCUT2D eigenvalue weighted by Gasteiger charge is -2.18. The van der Waals surface area contributed by atoms with Crippen LogP contribution in [-0.2, 0) is 9.47 Å². The van der Waals surface area contributed by atoms with Crippen molar-refractivity contribution < 1.29 is 23.7 Å². The highest BCUT2D eigenvalue weighted by molar-refractivity contribution is 5.97. The third-order valence-corrected chi connectivity index (χ3v) is 2.78. The molecule has 0 saturated carbocycles. The fourth-order valence-corrected chi connectivity index (χ4v) is 1.87. The van der Waals surface area contributed by atoms with E-state index in [1.54, 1.807) is 18.2 Å². The number of carbonyl (C=O) groups excluding carboxylic acids is 1. The molecule has 6 heteroatoms. The maximum atomic E-state index is 12.2. The van der Waals surface area contributed by atoms with E-state index in [4.69, 9.17) is 18.9 Å². The number of hydrogen-bond donors (Lipinski definition) is 1.